The predicted molar refractivity (Wildman–Crippen MR) is 95.3 cm³/mol. The molecule has 0 rings (SSSR count). The molecule has 0 fully saturated rings. The third-order valence-corrected chi connectivity index (χ3v) is 4.19. The molecule has 0 aliphatic carbocycles. The van der Waals surface area contributed by atoms with Gasteiger partial charge >= 0.3 is 5.97 Å². The third kappa shape index (κ3) is 10.4. The van der Waals surface area contributed by atoms with Crippen molar-refractivity contribution in [3.63, 3.8) is 0 Å². The van der Waals surface area contributed by atoms with Crippen molar-refractivity contribution in [2.24, 2.45) is 5.92 Å². The van der Waals surface area contributed by atoms with Gasteiger partial charge in [0.25, 0.3) is 0 Å². The van der Waals surface area contributed by atoms with Crippen molar-refractivity contribution >= 4 is 11.9 Å². The lowest BCUT2D eigenvalue weighted by Gasteiger charge is -2.27. The van der Waals surface area contributed by atoms with Crippen LogP contribution in [0.5, 0.6) is 0 Å². The molecule has 0 aliphatic rings. The van der Waals surface area contributed by atoms with Crippen LogP contribution in [0.4, 0.5) is 0 Å². The number of esters is 1. The minimum absolute atomic E-state index is 0.0999. The summed E-state index contributed by atoms with van der Waals surface area (Å²) in [4.78, 5) is 26.4. The van der Waals surface area contributed by atoms with Crippen molar-refractivity contribution in [2.75, 3.05) is 19.7 Å². The number of unbranched alkanes of at least 4 members (excludes halogenated alkanes) is 3. The largest absolute Gasteiger partial charge is 0.466 e. The molecule has 136 valence electrons. The smallest absolute Gasteiger partial charge is 0.307 e. The van der Waals surface area contributed by atoms with Gasteiger partial charge in [-0.1, -0.05) is 53.4 Å². The van der Waals surface area contributed by atoms with E-state index in [1.165, 1.54) is 0 Å². The molecule has 4 heteroatoms. The van der Waals surface area contributed by atoms with Gasteiger partial charge in [0, 0.05) is 19.0 Å². The topological polar surface area (TPSA) is 46.6 Å². The zero-order valence-electron chi connectivity index (χ0n) is 15.7. The number of amides is 1. The zero-order chi connectivity index (χ0) is 17.5. The maximum Gasteiger partial charge on any atom is 0.307 e. The quantitative estimate of drug-likeness (QED) is 0.347. The van der Waals surface area contributed by atoms with Gasteiger partial charge in [-0.25, -0.2) is 0 Å². The highest BCUT2D eigenvalue weighted by Gasteiger charge is 2.22. The second kappa shape index (κ2) is 14.5. The second-order valence-corrected chi connectivity index (χ2v) is 6.25. The highest BCUT2D eigenvalue weighted by Crippen LogP contribution is 2.17. The van der Waals surface area contributed by atoms with E-state index >= 15 is 0 Å². The summed E-state index contributed by atoms with van der Waals surface area (Å²) >= 11 is 0. The zero-order valence-corrected chi connectivity index (χ0v) is 15.7. The second-order valence-electron chi connectivity index (χ2n) is 6.25. The van der Waals surface area contributed by atoms with E-state index in [0.717, 1.165) is 57.9 Å². The van der Waals surface area contributed by atoms with Gasteiger partial charge in [-0.3, -0.25) is 9.59 Å². The fourth-order valence-electron chi connectivity index (χ4n) is 2.52. The Morgan fingerprint density at radius 2 is 1.57 bits per heavy atom. The number of carbonyl (C=O) groups excluding carboxylic acids is 2. The molecule has 1 atom stereocenters. The highest BCUT2D eigenvalue weighted by atomic mass is 16.5. The van der Waals surface area contributed by atoms with Crippen LogP contribution in [-0.2, 0) is 14.3 Å². The van der Waals surface area contributed by atoms with E-state index in [1.54, 1.807) is 0 Å². The first-order chi connectivity index (χ1) is 11.1. The molecular weight excluding hydrogens is 290 g/mol. The van der Waals surface area contributed by atoms with E-state index in [9.17, 15) is 9.59 Å². The molecule has 0 heterocycles. The normalized spacial score (nSPS) is 12.0. The van der Waals surface area contributed by atoms with Crippen molar-refractivity contribution < 1.29 is 14.3 Å². The van der Waals surface area contributed by atoms with Crippen LogP contribution in [0, 0.1) is 5.92 Å². The monoisotopic (exact) mass is 327 g/mol. The van der Waals surface area contributed by atoms with E-state index in [0.29, 0.717) is 19.6 Å². The van der Waals surface area contributed by atoms with Crippen molar-refractivity contribution in [2.45, 2.75) is 85.5 Å². The first-order valence-electron chi connectivity index (χ1n) is 9.54. The van der Waals surface area contributed by atoms with Crippen LogP contribution in [0.1, 0.15) is 85.5 Å². The Morgan fingerprint density at radius 1 is 0.913 bits per heavy atom. The van der Waals surface area contributed by atoms with Gasteiger partial charge in [-0.05, 0) is 25.7 Å². The number of hydrogen-bond acceptors (Lipinski definition) is 3. The maximum absolute atomic E-state index is 12.7. The van der Waals surface area contributed by atoms with Gasteiger partial charge in [0.05, 0.1) is 13.0 Å². The van der Waals surface area contributed by atoms with E-state index < -0.39 is 0 Å². The maximum atomic E-state index is 12.7. The Morgan fingerprint density at radius 3 is 2.13 bits per heavy atom. The summed E-state index contributed by atoms with van der Waals surface area (Å²) in [6, 6.07) is 0. The van der Waals surface area contributed by atoms with Gasteiger partial charge in [-0.2, -0.15) is 0 Å². The lowest BCUT2D eigenvalue weighted by molar-refractivity contribution is -0.145. The summed E-state index contributed by atoms with van der Waals surface area (Å²) in [5.41, 5.74) is 0. The minimum atomic E-state index is -0.186. The number of rotatable bonds is 14. The molecule has 0 spiro atoms. The Balaban J connectivity index is 4.47. The summed E-state index contributed by atoms with van der Waals surface area (Å²) in [5, 5.41) is 0. The summed E-state index contributed by atoms with van der Waals surface area (Å²) in [5.74, 6) is 0.132. The molecule has 0 N–H and O–H groups in total. The minimum Gasteiger partial charge on any atom is -0.466 e. The SMILES string of the molecule is CCCCOC(=O)CCN(CCCC)C(=O)C(CC)CCCC. The molecule has 23 heavy (non-hydrogen) atoms. The van der Waals surface area contributed by atoms with Crippen LogP contribution in [0.15, 0.2) is 0 Å². The lowest BCUT2D eigenvalue weighted by atomic mass is 9.97. The fraction of sp³-hybridized carbons (Fsp3) is 0.895. The van der Waals surface area contributed by atoms with E-state index in [2.05, 4.69) is 27.7 Å². The molecule has 0 bridgehead atoms. The fourth-order valence-corrected chi connectivity index (χ4v) is 2.52. The molecule has 1 amide bonds. The Bertz CT molecular complexity index is 318. The van der Waals surface area contributed by atoms with Crippen LogP contribution in [0.2, 0.25) is 0 Å². The first-order valence-corrected chi connectivity index (χ1v) is 9.54. The molecule has 0 aromatic heterocycles. The molecular formula is C19H37NO3. The number of ether oxygens (including phenoxy) is 1. The molecule has 0 radical (unpaired) electrons. The van der Waals surface area contributed by atoms with Crippen LogP contribution in [-0.4, -0.2) is 36.5 Å². The average molecular weight is 328 g/mol. The van der Waals surface area contributed by atoms with Crippen LogP contribution >= 0.6 is 0 Å². The summed E-state index contributed by atoms with van der Waals surface area (Å²) in [6.07, 6.45) is 8.30. The van der Waals surface area contributed by atoms with Crippen molar-refractivity contribution in [3.8, 4) is 0 Å². The first kappa shape index (κ1) is 21.9. The standard InChI is InChI=1S/C19H37NO3/c1-5-9-12-17(8-4)19(22)20(14-10-6-2)15-13-18(21)23-16-11-7-3/h17H,5-16H2,1-4H3. The van der Waals surface area contributed by atoms with Crippen molar-refractivity contribution in [1.29, 1.82) is 0 Å². The van der Waals surface area contributed by atoms with Crippen molar-refractivity contribution in [1.82, 2.24) is 4.90 Å². The highest BCUT2D eigenvalue weighted by molar-refractivity contribution is 5.79. The van der Waals surface area contributed by atoms with Crippen LogP contribution in [0.25, 0.3) is 0 Å². The van der Waals surface area contributed by atoms with Gasteiger partial charge in [0.2, 0.25) is 5.91 Å². The van der Waals surface area contributed by atoms with E-state index in [1.807, 2.05) is 4.90 Å². The third-order valence-electron chi connectivity index (χ3n) is 4.19. The Kier molecular flexibility index (Phi) is 13.9. The van der Waals surface area contributed by atoms with E-state index in [4.69, 9.17) is 4.74 Å². The Labute approximate surface area is 143 Å². The molecule has 0 saturated heterocycles. The average Bonchev–Trinajstić information content (AvgIpc) is 2.55. The van der Waals surface area contributed by atoms with E-state index in [-0.39, 0.29) is 17.8 Å². The van der Waals surface area contributed by atoms with Gasteiger partial charge < -0.3 is 9.64 Å². The number of carbonyl (C=O) groups is 2. The molecule has 0 aromatic rings. The van der Waals surface area contributed by atoms with Crippen LogP contribution < -0.4 is 0 Å². The predicted octanol–water partition coefficient (Wildman–Crippen LogP) is 4.56. The summed E-state index contributed by atoms with van der Waals surface area (Å²) < 4.78 is 5.19. The summed E-state index contributed by atoms with van der Waals surface area (Å²) in [7, 11) is 0. The van der Waals surface area contributed by atoms with Crippen molar-refractivity contribution in [3.05, 3.63) is 0 Å². The molecule has 0 saturated carbocycles. The Hall–Kier alpha value is -1.06. The summed E-state index contributed by atoms with van der Waals surface area (Å²) in [6.45, 7) is 10.2. The number of nitrogens with zero attached hydrogens (tertiary/aromatic N) is 1. The van der Waals surface area contributed by atoms with Gasteiger partial charge in [0.15, 0.2) is 0 Å². The molecule has 4 nitrogen and oxygen atoms in total. The molecule has 0 aliphatic heterocycles. The molecule has 1 unspecified atom stereocenters. The van der Waals surface area contributed by atoms with Gasteiger partial charge in [0.1, 0.15) is 0 Å². The lowest BCUT2D eigenvalue weighted by Crippen LogP contribution is -2.38. The number of hydrogen-bond donors (Lipinski definition) is 0. The molecule has 0 aromatic carbocycles. The van der Waals surface area contributed by atoms with Crippen LogP contribution in [0.3, 0.4) is 0 Å². The van der Waals surface area contributed by atoms with Gasteiger partial charge in [-0.15, -0.1) is 0 Å².